The first-order chi connectivity index (χ1) is 11.6. The second-order valence-electron chi connectivity index (χ2n) is 8.78. The Morgan fingerprint density at radius 3 is 2.24 bits per heavy atom. The molecule has 0 aromatic heterocycles. The van der Waals surface area contributed by atoms with E-state index in [1.807, 2.05) is 24.3 Å². The number of nitrogens with one attached hydrogen (secondary N) is 1. The van der Waals surface area contributed by atoms with E-state index in [4.69, 9.17) is 9.47 Å². The van der Waals surface area contributed by atoms with Crippen LogP contribution < -0.4 is 14.8 Å². The minimum Gasteiger partial charge on any atom is -0.496 e. The van der Waals surface area contributed by atoms with Gasteiger partial charge < -0.3 is 14.8 Å². The van der Waals surface area contributed by atoms with Crippen molar-refractivity contribution in [2.45, 2.75) is 58.6 Å². The zero-order valence-electron chi connectivity index (χ0n) is 16.4. The highest BCUT2D eigenvalue weighted by Crippen LogP contribution is 2.48. The van der Waals surface area contributed by atoms with Crippen molar-refractivity contribution in [2.24, 2.45) is 0 Å². The Hall–Kier alpha value is -2.16. The summed E-state index contributed by atoms with van der Waals surface area (Å²) in [6.07, 6.45) is -0.234. The van der Waals surface area contributed by atoms with Crippen LogP contribution in [0.3, 0.4) is 0 Å². The van der Waals surface area contributed by atoms with Crippen LogP contribution in [0.5, 0.6) is 11.5 Å². The number of anilines is 1. The maximum Gasteiger partial charge on any atom is 0.200 e. The minimum atomic E-state index is -0.234. The van der Waals surface area contributed by atoms with Gasteiger partial charge in [0.15, 0.2) is 6.23 Å². The quantitative estimate of drug-likeness (QED) is 0.751. The Labute approximate surface area is 151 Å². The van der Waals surface area contributed by atoms with Gasteiger partial charge in [0.05, 0.1) is 18.4 Å². The highest BCUT2D eigenvalue weighted by molar-refractivity contribution is 5.68. The lowest BCUT2D eigenvalue weighted by Gasteiger charge is -2.26. The molecule has 1 N–H and O–H groups in total. The van der Waals surface area contributed by atoms with Crippen molar-refractivity contribution >= 4 is 5.69 Å². The van der Waals surface area contributed by atoms with E-state index in [-0.39, 0.29) is 17.1 Å². The van der Waals surface area contributed by atoms with Gasteiger partial charge in [-0.2, -0.15) is 0 Å². The third kappa shape index (κ3) is 3.33. The number of para-hydroxylation sites is 1. The first-order valence-corrected chi connectivity index (χ1v) is 8.86. The van der Waals surface area contributed by atoms with Gasteiger partial charge in [0.25, 0.3) is 0 Å². The van der Waals surface area contributed by atoms with Crippen molar-refractivity contribution in [3.05, 3.63) is 53.1 Å². The average Bonchev–Trinajstić information content (AvgIpc) is 2.95. The highest BCUT2D eigenvalue weighted by atomic mass is 16.5. The van der Waals surface area contributed by atoms with Gasteiger partial charge in [-0.05, 0) is 34.6 Å². The largest absolute Gasteiger partial charge is 0.496 e. The molecule has 0 aliphatic carbocycles. The molecule has 0 spiro atoms. The molecule has 0 fully saturated rings. The van der Waals surface area contributed by atoms with Crippen LogP contribution in [0, 0.1) is 0 Å². The summed E-state index contributed by atoms with van der Waals surface area (Å²) in [5.74, 6) is 1.79. The van der Waals surface area contributed by atoms with Crippen molar-refractivity contribution in [3.63, 3.8) is 0 Å². The van der Waals surface area contributed by atoms with Crippen LogP contribution in [-0.4, -0.2) is 7.11 Å². The fourth-order valence-corrected chi connectivity index (χ4v) is 3.17. The highest BCUT2D eigenvalue weighted by Gasteiger charge is 2.33. The molecule has 3 nitrogen and oxygen atoms in total. The van der Waals surface area contributed by atoms with Crippen LogP contribution in [0.1, 0.15) is 64.5 Å². The average molecular weight is 339 g/mol. The summed E-state index contributed by atoms with van der Waals surface area (Å²) in [7, 11) is 1.69. The second kappa shape index (κ2) is 5.98. The normalized spacial score (nSPS) is 16.8. The Kier molecular flexibility index (Phi) is 4.22. The number of fused-ring (bicyclic) bond motifs is 1. The molecule has 2 aromatic rings. The fourth-order valence-electron chi connectivity index (χ4n) is 3.17. The number of hydrogen-bond donors (Lipinski definition) is 1. The van der Waals surface area contributed by atoms with E-state index in [9.17, 15) is 0 Å². The maximum absolute atomic E-state index is 6.37. The summed E-state index contributed by atoms with van der Waals surface area (Å²) in [6.45, 7) is 13.4. The summed E-state index contributed by atoms with van der Waals surface area (Å²) >= 11 is 0. The summed E-state index contributed by atoms with van der Waals surface area (Å²) in [6, 6.07) is 12.5. The predicted octanol–water partition coefficient (Wildman–Crippen LogP) is 5.79. The molecular formula is C22H29NO2. The number of methoxy groups -OCH3 is 1. The molecule has 25 heavy (non-hydrogen) atoms. The summed E-state index contributed by atoms with van der Waals surface area (Å²) in [5, 5.41) is 3.55. The topological polar surface area (TPSA) is 30.5 Å². The van der Waals surface area contributed by atoms with Gasteiger partial charge in [-0.3, -0.25) is 0 Å². The SMILES string of the molecule is COc1ccccc1C1Nc2cc(C(C)(C)C)cc(C(C)(C)C)c2O1. The van der Waals surface area contributed by atoms with Gasteiger partial charge in [-0.15, -0.1) is 0 Å². The number of benzene rings is 2. The molecule has 0 radical (unpaired) electrons. The van der Waals surface area contributed by atoms with Gasteiger partial charge in [-0.1, -0.05) is 59.7 Å². The number of hydrogen-bond acceptors (Lipinski definition) is 3. The van der Waals surface area contributed by atoms with E-state index in [2.05, 4.69) is 59.0 Å². The van der Waals surface area contributed by atoms with E-state index in [1.165, 1.54) is 11.1 Å². The molecule has 0 saturated carbocycles. The third-order valence-corrected chi connectivity index (χ3v) is 4.71. The summed E-state index contributed by atoms with van der Waals surface area (Å²) in [4.78, 5) is 0. The monoisotopic (exact) mass is 339 g/mol. The van der Waals surface area contributed by atoms with Gasteiger partial charge in [0.2, 0.25) is 0 Å². The molecular weight excluding hydrogens is 310 g/mol. The third-order valence-electron chi connectivity index (χ3n) is 4.71. The minimum absolute atomic E-state index is 0.00267. The van der Waals surface area contributed by atoms with E-state index >= 15 is 0 Å². The fraction of sp³-hybridized carbons (Fsp3) is 0.455. The molecule has 134 valence electrons. The maximum atomic E-state index is 6.37. The van der Waals surface area contributed by atoms with Gasteiger partial charge in [-0.25, -0.2) is 0 Å². The van der Waals surface area contributed by atoms with Crippen LogP contribution >= 0.6 is 0 Å². The lowest BCUT2D eigenvalue weighted by molar-refractivity contribution is 0.247. The van der Waals surface area contributed by atoms with E-state index < -0.39 is 0 Å². The number of rotatable bonds is 2. The molecule has 1 aliphatic rings. The van der Waals surface area contributed by atoms with Crippen LogP contribution in [0.2, 0.25) is 0 Å². The molecule has 0 saturated heterocycles. The second-order valence-corrected chi connectivity index (χ2v) is 8.78. The van der Waals surface area contributed by atoms with Crippen molar-refractivity contribution in [3.8, 4) is 11.5 Å². The van der Waals surface area contributed by atoms with Crippen LogP contribution in [-0.2, 0) is 10.8 Å². The Balaban J connectivity index is 2.08. The van der Waals surface area contributed by atoms with Gasteiger partial charge >= 0.3 is 0 Å². The Morgan fingerprint density at radius 2 is 1.64 bits per heavy atom. The molecule has 3 rings (SSSR count). The molecule has 1 heterocycles. The molecule has 1 unspecified atom stereocenters. The predicted molar refractivity (Wildman–Crippen MR) is 104 cm³/mol. The Morgan fingerprint density at radius 1 is 0.960 bits per heavy atom. The van der Waals surface area contributed by atoms with Crippen molar-refractivity contribution in [1.82, 2.24) is 0 Å². The van der Waals surface area contributed by atoms with E-state index in [0.717, 1.165) is 22.7 Å². The lowest BCUT2D eigenvalue weighted by Crippen LogP contribution is -2.17. The van der Waals surface area contributed by atoms with E-state index in [0.29, 0.717) is 0 Å². The standard InChI is InChI=1S/C22H29NO2/c1-21(2,3)14-12-16(22(4,5)6)19-17(13-14)23-20(25-19)15-10-8-9-11-18(15)24-7/h8-13,20,23H,1-7H3. The first-order valence-electron chi connectivity index (χ1n) is 8.86. The molecule has 1 aliphatic heterocycles. The molecule has 1 atom stereocenters. The van der Waals surface area contributed by atoms with E-state index in [1.54, 1.807) is 7.11 Å². The van der Waals surface area contributed by atoms with Crippen LogP contribution in [0.15, 0.2) is 36.4 Å². The summed E-state index contributed by atoms with van der Waals surface area (Å²) < 4.78 is 11.9. The number of ether oxygens (including phenoxy) is 2. The molecule has 0 amide bonds. The van der Waals surface area contributed by atoms with Gasteiger partial charge in [0, 0.05) is 5.56 Å². The molecule has 0 bridgehead atoms. The van der Waals surface area contributed by atoms with Crippen LogP contribution in [0.4, 0.5) is 5.69 Å². The molecule has 2 aromatic carbocycles. The summed E-state index contributed by atoms with van der Waals surface area (Å²) in [5.41, 5.74) is 4.71. The van der Waals surface area contributed by atoms with Crippen molar-refractivity contribution in [1.29, 1.82) is 0 Å². The zero-order valence-corrected chi connectivity index (χ0v) is 16.4. The first kappa shape index (κ1) is 17.7. The van der Waals surface area contributed by atoms with Crippen molar-refractivity contribution in [2.75, 3.05) is 12.4 Å². The van der Waals surface area contributed by atoms with Crippen molar-refractivity contribution < 1.29 is 9.47 Å². The van der Waals surface area contributed by atoms with Crippen LogP contribution in [0.25, 0.3) is 0 Å². The smallest absolute Gasteiger partial charge is 0.200 e. The zero-order chi connectivity index (χ0) is 18.4. The molecule has 3 heteroatoms. The Bertz CT molecular complexity index is 782. The lowest BCUT2D eigenvalue weighted by atomic mass is 9.80. The van der Waals surface area contributed by atoms with Gasteiger partial charge in [0.1, 0.15) is 11.5 Å².